The van der Waals surface area contributed by atoms with Gasteiger partial charge in [0.25, 0.3) is 0 Å². The van der Waals surface area contributed by atoms with Crippen LogP contribution >= 0.6 is 0 Å². The molecule has 1 rings (SSSR count). The zero-order valence-electron chi connectivity index (χ0n) is 10.2. The third-order valence-electron chi connectivity index (χ3n) is 3.72. The van der Waals surface area contributed by atoms with Gasteiger partial charge in [-0.1, -0.05) is 34.6 Å². The Hall–Kier alpha value is -0.530. The molecule has 0 saturated carbocycles. The number of hydrogen-bond acceptors (Lipinski definition) is 2. The van der Waals surface area contributed by atoms with E-state index in [0.717, 1.165) is 6.42 Å². The predicted molar refractivity (Wildman–Crippen MR) is 56.9 cm³/mol. The summed E-state index contributed by atoms with van der Waals surface area (Å²) in [6.45, 7) is 12.6. The fourth-order valence-corrected chi connectivity index (χ4v) is 1.78. The van der Waals surface area contributed by atoms with Crippen LogP contribution in [0.4, 0.5) is 0 Å². The molecule has 1 heterocycles. The Morgan fingerprint density at radius 2 is 1.93 bits per heavy atom. The van der Waals surface area contributed by atoms with Crippen molar-refractivity contribution in [3.63, 3.8) is 0 Å². The minimum atomic E-state index is -0.318. The van der Waals surface area contributed by atoms with Crippen molar-refractivity contribution in [1.82, 2.24) is 0 Å². The molecule has 0 N–H and O–H groups in total. The topological polar surface area (TPSA) is 26.3 Å². The first-order chi connectivity index (χ1) is 6.18. The fourth-order valence-electron chi connectivity index (χ4n) is 1.78. The van der Waals surface area contributed by atoms with E-state index in [1.54, 1.807) is 0 Å². The standard InChI is InChI=1S/C12H22O2/c1-8(2)9-7-12(6,10(13)14-9)11(3,4)5/h8-9H,7H2,1-6H3. The molecule has 2 unspecified atom stereocenters. The lowest BCUT2D eigenvalue weighted by Crippen LogP contribution is -2.37. The second-order valence-corrected chi connectivity index (χ2v) is 5.97. The zero-order chi connectivity index (χ0) is 11.1. The van der Waals surface area contributed by atoms with E-state index in [9.17, 15) is 4.79 Å². The lowest BCUT2D eigenvalue weighted by molar-refractivity contribution is -0.153. The van der Waals surface area contributed by atoms with Crippen LogP contribution in [0.25, 0.3) is 0 Å². The predicted octanol–water partition coefficient (Wildman–Crippen LogP) is 3.01. The van der Waals surface area contributed by atoms with Crippen molar-refractivity contribution in [3.8, 4) is 0 Å². The van der Waals surface area contributed by atoms with Gasteiger partial charge < -0.3 is 4.74 Å². The molecule has 0 aromatic carbocycles. The van der Waals surface area contributed by atoms with E-state index < -0.39 is 0 Å². The van der Waals surface area contributed by atoms with Gasteiger partial charge in [-0.15, -0.1) is 0 Å². The second-order valence-electron chi connectivity index (χ2n) is 5.97. The summed E-state index contributed by atoms with van der Waals surface area (Å²) in [5, 5.41) is 0. The molecule has 0 aromatic rings. The third kappa shape index (κ3) is 1.67. The number of hydrogen-bond donors (Lipinski definition) is 0. The molecular formula is C12H22O2. The molecule has 82 valence electrons. The molecule has 0 bridgehead atoms. The molecular weight excluding hydrogens is 176 g/mol. The van der Waals surface area contributed by atoms with E-state index in [1.807, 2.05) is 6.92 Å². The lowest BCUT2D eigenvalue weighted by atomic mass is 9.66. The Labute approximate surface area is 87.0 Å². The van der Waals surface area contributed by atoms with Crippen LogP contribution in [0.2, 0.25) is 0 Å². The van der Waals surface area contributed by atoms with E-state index in [0.29, 0.717) is 5.92 Å². The van der Waals surface area contributed by atoms with Crippen molar-refractivity contribution >= 4 is 5.97 Å². The Kier molecular flexibility index (Phi) is 2.68. The maximum atomic E-state index is 11.8. The average molecular weight is 198 g/mol. The normalized spacial score (nSPS) is 33.6. The highest BCUT2D eigenvalue weighted by molar-refractivity contribution is 5.79. The molecule has 0 aliphatic carbocycles. The highest BCUT2D eigenvalue weighted by Crippen LogP contribution is 2.48. The van der Waals surface area contributed by atoms with Gasteiger partial charge in [0.05, 0.1) is 5.41 Å². The molecule has 1 aliphatic heterocycles. The number of esters is 1. The van der Waals surface area contributed by atoms with Crippen LogP contribution in [0, 0.1) is 16.7 Å². The van der Waals surface area contributed by atoms with E-state index in [2.05, 4.69) is 34.6 Å². The molecule has 0 aromatic heterocycles. The zero-order valence-corrected chi connectivity index (χ0v) is 10.2. The van der Waals surface area contributed by atoms with Gasteiger partial charge in [0.1, 0.15) is 6.10 Å². The maximum absolute atomic E-state index is 11.8. The van der Waals surface area contributed by atoms with Crippen molar-refractivity contribution in [3.05, 3.63) is 0 Å². The highest BCUT2D eigenvalue weighted by Gasteiger charge is 2.53. The van der Waals surface area contributed by atoms with Gasteiger partial charge in [-0.2, -0.15) is 0 Å². The summed E-state index contributed by atoms with van der Waals surface area (Å²) in [7, 11) is 0. The van der Waals surface area contributed by atoms with Crippen LogP contribution in [-0.4, -0.2) is 12.1 Å². The highest BCUT2D eigenvalue weighted by atomic mass is 16.6. The van der Waals surface area contributed by atoms with Crippen molar-refractivity contribution in [2.75, 3.05) is 0 Å². The first-order valence-electron chi connectivity index (χ1n) is 5.39. The largest absolute Gasteiger partial charge is 0.462 e. The molecule has 0 radical (unpaired) electrons. The monoisotopic (exact) mass is 198 g/mol. The molecule has 1 saturated heterocycles. The Bertz CT molecular complexity index is 237. The first-order valence-corrected chi connectivity index (χ1v) is 5.39. The first kappa shape index (κ1) is 11.5. The molecule has 1 aliphatic rings. The van der Waals surface area contributed by atoms with Crippen LogP contribution in [0.1, 0.15) is 48.0 Å². The number of ether oxygens (including phenoxy) is 1. The molecule has 2 heteroatoms. The summed E-state index contributed by atoms with van der Waals surface area (Å²) in [4.78, 5) is 11.8. The molecule has 0 spiro atoms. The van der Waals surface area contributed by atoms with E-state index in [4.69, 9.17) is 4.74 Å². The lowest BCUT2D eigenvalue weighted by Gasteiger charge is -2.34. The third-order valence-corrected chi connectivity index (χ3v) is 3.72. The van der Waals surface area contributed by atoms with Crippen LogP contribution < -0.4 is 0 Å². The Balaban J connectivity index is 2.89. The van der Waals surface area contributed by atoms with Crippen LogP contribution in [0.15, 0.2) is 0 Å². The van der Waals surface area contributed by atoms with Crippen LogP contribution in [-0.2, 0) is 9.53 Å². The fraction of sp³-hybridized carbons (Fsp3) is 0.917. The van der Waals surface area contributed by atoms with E-state index in [-0.39, 0.29) is 22.9 Å². The van der Waals surface area contributed by atoms with Gasteiger partial charge in [-0.25, -0.2) is 0 Å². The number of rotatable bonds is 1. The van der Waals surface area contributed by atoms with Crippen molar-refractivity contribution < 1.29 is 9.53 Å². The smallest absolute Gasteiger partial charge is 0.312 e. The van der Waals surface area contributed by atoms with Gasteiger partial charge in [0.15, 0.2) is 0 Å². The van der Waals surface area contributed by atoms with Gasteiger partial charge in [-0.05, 0) is 18.3 Å². The van der Waals surface area contributed by atoms with Gasteiger partial charge >= 0.3 is 5.97 Å². The van der Waals surface area contributed by atoms with Crippen LogP contribution in [0.3, 0.4) is 0 Å². The second kappa shape index (κ2) is 3.25. The number of carbonyl (C=O) groups excluding carboxylic acids is 1. The summed E-state index contributed by atoms with van der Waals surface area (Å²) in [6.07, 6.45) is 0.958. The SMILES string of the molecule is CC(C)C1CC(C)(C(C)(C)C)C(=O)O1. The molecule has 1 fully saturated rings. The van der Waals surface area contributed by atoms with Gasteiger partial charge in [0.2, 0.25) is 0 Å². The maximum Gasteiger partial charge on any atom is 0.312 e. The summed E-state index contributed by atoms with van der Waals surface area (Å²) in [5.41, 5.74) is -0.338. The minimum Gasteiger partial charge on any atom is -0.462 e. The van der Waals surface area contributed by atoms with Crippen molar-refractivity contribution in [2.45, 2.75) is 54.1 Å². The number of carbonyl (C=O) groups is 1. The summed E-state index contributed by atoms with van der Waals surface area (Å²) < 4.78 is 5.43. The molecule has 14 heavy (non-hydrogen) atoms. The Morgan fingerprint density at radius 3 is 2.14 bits per heavy atom. The van der Waals surface area contributed by atoms with E-state index >= 15 is 0 Å². The van der Waals surface area contributed by atoms with Gasteiger partial charge in [0, 0.05) is 6.42 Å². The molecule has 2 atom stereocenters. The summed E-state index contributed by atoms with van der Waals surface area (Å²) >= 11 is 0. The average Bonchev–Trinajstić information content (AvgIpc) is 2.28. The van der Waals surface area contributed by atoms with Crippen molar-refractivity contribution in [2.24, 2.45) is 16.7 Å². The van der Waals surface area contributed by atoms with Gasteiger partial charge in [-0.3, -0.25) is 4.79 Å². The minimum absolute atomic E-state index is 0.0201. The molecule has 0 amide bonds. The summed E-state index contributed by atoms with van der Waals surface area (Å²) in [6, 6.07) is 0. The molecule has 2 nitrogen and oxygen atoms in total. The Morgan fingerprint density at radius 1 is 1.43 bits per heavy atom. The number of cyclic esters (lactones) is 1. The quantitative estimate of drug-likeness (QED) is 0.605. The van der Waals surface area contributed by atoms with Crippen molar-refractivity contribution in [1.29, 1.82) is 0 Å². The summed E-state index contributed by atoms with van der Waals surface area (Å²) in [5.74, 6) is 0.395. The van der Waals surface area contributed by atoms with E-state index in [1.165, 1.54) is 0 Å². The van der Waals surface area contributed by atoms with Crippen LogP contribution in [0.5, 0.6) is 0 Å².